The second kappa shape index (κ2) is 6.28. The Hall–Kier alpha value is -0.710. The number of hydrogen-bond donors (Lipinski definition) is 2. The van der Waals surface area contributed by atoms with Crippen molar-refractivity contribution in [1.82, 2.24) is 10.6 Å². The number of carbonyl (C=O) groups excluding carboxylic acids is 2. The molecule has 0 bridgehead atoms. The van der Waals surface area contributed by atoms with Crippen LogP contribution in [0.5, 0.6) is 0 Å². The molecule has 2 N–H and O–H groups in total. The topological polar surface area (TPSA) is 58.2 Å². The van der Waals surface area contributed by atoms with Crippen LogP contribution in [0.4, 0.5) is 0 Å². The van der Waals surface area contributed by atoms with E-state index in [1.165, 1.54) is 0 Å². The maximum absolute atomic E-state index is 11.3. The second-order valence-corrected chi connectivity index (χ2v) is 6.02. The summed E-state index contributed by atoms with van der Waals surface area (Å²) >= 11 is 1.68. The number of hydrogen-bond acceptors (Lipinski definition) is 3. The van der Waals surface area contributed by atoms with Crippen LogP contribution in [0.1, 0.15) is 38.5 Å². The van der Waals surface area contributed by atoms with Gasteiger partial charge in [0.25, 0.3) is 0 Å². The highest BCUT2D eigenvalue weighted by Crippen LogP contribution is 2.19. The van der Waals surface area contributed by atoms with Gasteiger partial charge in [0.2, 0.25) is 11.8 Å². The van der Waals surface area contributed by atoms with Crippen LogP contribution in [0.3, 0.4) is 0 Å². The van der Waals surface area contributed by atoms with Crippen molar-refractivity contribution in [3.63, 3.8) is 0 Å². The molecule has 0 unspecified atom stereocenters. The molecule has 2 fully saturated rings. The van der Waals surface area contributed by atoms with Crippen molar-refractivity contribution in [2.75, 3.05) is 11.5 Å². The van der Waals surface area contributed by atoms with Gasteiger partial charge >= 0.3 is 0 Å². The smallest absolute Gasteiger partial charge is 0.221 e. The SMILES string of the molecule is O=C(CCSCCC(=O)NC1CC1)NC1CC1. The van der Waals surface area contributed by atoms with Gasteiger partial charge in [0.05, 0.1) is 0 Å². The molecule has 0 atom stereocenters. The lowest BCUT2D eigenvalue weighted by Crippen LogP contribution is -2.26. The molecular formula is C12H20N2O2S. The van der Waals surface area contributed by atoms with Gasteiger partial charge in [-0.15, -0.1) is 0 Å². The molecule has 2 aliphatic rings. The van der Waals surface area contributed by atoms with Crippen LogP contribution in [0.25, 0.3) is 0 Å². The molecule has 17 heavy (non-hydrogen) atoms. The van der Waals surface area contributed by atoms with E-state index >= 15 is 0 Å². The van der Waals surface area contributed by atoms with E-state index in [0.29, 0.717) is 24.9 Å². The number of amides is 2. The minimum absolute atomic E-state index is 0.155. The Kier molecular flexibility index (Phi) is 4.71. The van der Waals surface area contributed by atoms with Crippen molar-refractivity contribution >= 4 is 23.6 Å². The van der Waals surface area contributed by atoms with Gasteiger partial charge in [-0.1, -0.05) is 0 Å². The third kappa shape index (κ3) is 5.96. The fourth-order valence-corrected chi connectivity index (χ4v) is 2.35. The summed E-state index contributed by atoms with van der Waals surface area (Å²) in [6.07, 6.45) is 5.71. The molecule has 0 spiro atoms. The number of carbonyl (C=O) groups is 2. The first kappa shape index (κ1) is 12.7. The van der Waals surface area contributed by atoms with Gasteiger partial charge in [-0.2, -0.15) is 11.8 Å². The molecular weight excluding hydrogens is 236 g/mol. The minimum Gasteiger partial charge on any atom is -0.353 e. The Morgan fingerprint density at radius 1 is 0.882 bits per heavy atom. The zero-order chi connectivity index (χ0) is 12.1. The Morgan fingerprint density at radius 3 is 1.65 bits per heavy atom. The standard InChI is InChI=1S/C12H20N2O2S/c15-11(13-9-1-2-9)5-7-17-8-6-12(16)14-10-3-4-10/h9-10H,1-8H2,(H,13,15)(H,14,16). The summed E-state index contributed by atoms with van der Waals surface area (Å²) in [5, 5.41) is 5.91. The average Bonchev–Trinajstić information content (AvgIpc) is 3.13. The summed E-state index contributed by atoms with van der Waals surface area (Å²) in [6.45, 7) is 0. The van der Waals surface area contributed by atoms with E-state index in [4.69, 9.17) is 0 Å². The summed E-state index contributed by atoms with van der Waals surface area (Å²) in [4.78, 5) is 22.7. The zero-order valence-electron chi connectivity index (χ0n) is 10.0. The van der Waals surface area contributed by atoms with Gasteiger partial charge in [-0.25, -0.2) is 0 Å². The summed E-state index contributed by atoms with van der Waals surface area (Å²) in [5.74, 6) is 1.94. The Morgan fingerprint density at radius 2 is 1.29 bits per heavy atom. The average molecular weight is 256 g/mol. The number of thioether (sulfide) groups is 1. The largest absolute Gasteiger partial charge is 0.353 e. The van der Waals surface area contributed by atoms with E-state index in [0.717, 1.165) is 37.2 Å². The lowest BCUT2D eigenvalue weighted by molar-refractivity contribution is -0.121. The van der Waals surface area contributed by atoms with Crippen molar-refractivity contribution in [3.8, 4) is 0 Å². The van der Waals surface area contributed by atoms with Crippen molar-refractivity contribution in [2.24, 2.45) is 0 Å². The first-order valence-corrected chi connectivity index (χ1v) is 7.56. The van der Waals surface area contributed by atoms with Crippen molar-refractivity contribution in [1.29, 1.82) is 0 Å². The lowest BCUT2D eigenvalue weighted by Gasteiger charge is -2.04. The first-order chi connectivity index (χ1) is 8.24. The molecule has 0 aliphatic heterocycles. The van der Waals surface area contributed by atoms with Gasteiger partial charge in [0.15, 0.2) is 0 Å². The van der Waals surface area contributed by atoms with Crippen molar-refractivity contribution < 1.29 is 9.59 Å². The quantitative estimate of drug-likeness (QED) is 0.638. The summed E-state index contributed by atoms with van der Waals surface area (Å²) in [6, 6.07) is 0.911. The highest BCUT2D eigenvalue weighted by atomic mass is 32.2. The molecule has 0 radical (unpaired) electrons. The van der Waals surface area contributed by atoms with Crippen molar-refractivity contribution in [2.45, 2.75) is 50.6 Å². The van der Waals surface area contributed by atoms with Crippen LogP contribution in [0.2, 0.25) is 0 Å². The van der Waals surface area contributed by atoms with Crippen LogP contribution < -0.4 is 10.6 Å². The Bertz CT molecular complexity index is 260. The normalized spacial score (nSPS) is 18.8. The molecule has 5 heteroatoms. The van der Waals surface area contributed by atoms with Gasteiger partial charge in [0.1, 0.15) is 0 Å². The number of nitrogens with one attached hydrogen (secondary N) is 2. The first-order valence-electron chi connectivity index (χ1n) is 6.40. The van der Waals surface area contributed by atoms with E-state index in [2.05, 4.69) is 10.6 Å². The van der Waals surface area contributed by atoms with E-state index in [1.807, 2.05) is 0 Å². The molecule has 2 amide bonds. The molecule has 96 valence electrons. The molecule has 0 saturated heterocycles. The Labute approximate surface area is 106 Å². The van der Waals surface area contributed by atoms with Crippen LogP contribution in [0.15, 0.2) is 0 Å². The van der Waals surface area contributed by atoms with E-state index in [1.54, 1.807) is 11.8 Å². The van der Waals surface area contributed by atoms with Crippen LogP contribution >= 0.6 is 11.8 Å². The van der Waals surface area contributed by atoms with Gasteiger partial charge in [-0.05, 0) is 25.7 Å². The van der Waals surface area contributed by atoms with Gasteiger partial charge in [0, 0.05) is 36.4 Å². The fraction of sp³-hybridized carbons (Fsp3) is 0.833. The van der Waals surface area contributed by atoms with E-state index in [9.17, 15) is 9.59 Å². The molecule has 0 aromatic carbocycles. The highest BCUT2D eigenvalue weighted by molar-refractivity contribution is 7.99. The third-order valence-corrected chi connectivity index (χ3v) is 3.82. The molecule has 0 aromatic heterocycles. The monoisotopic (exact) mass is 256 g/mol. The summed E-state index contributed by atoms with van der Waals surface area (Å²) in [7, 11) is 0. The predicted molar refractivity (Wildman–Crippen MR) is 68.9 cm³/mol. The highest BCUT2D eigenvalue weighted by Gasteiger charge is 2.23. The maximum Gasteiger partial charge on any atom is 0.221 e. The third-order valence-electron chi connectivity index (χ3n) is 2.83. The maximum atomic E-state index is 11.3. The van der Waals surface area contributed by atoms with Crippen molar-refractivity contribution in [3.05, 3.63) is 0 Å². The minimum atomic E-state index is 0.155. The summed E-state index contributed by atoms with van der Waals surface area (Å²) in [5.41, 5.74) is 0. The lowest BCUT2D eigenvalue weighted by atomic mass is 10.4. The van der Waals surface area contributed by atoms with Gasteiger partial charge in [-0.3, -0.25) is 9.59 Å². The molecule has 2 rings (SSSR count). The second-order valence-electron chi connectivity index (χ2n) is 4.80. The predicted octanol–water partition coefficient (Wildman–Crippen LogP) is 1.06. The molecule has 4 nitrogen and oxygen atoms in total. The zero-order valence-corrected chi connectivity index (χ0v) is 10.9. The van der Waals surface area contributed by atoms with Gasteiger partial charge < -0.3 is 10.6 Å². The van der Waals surface area contributed by atoms with Crippen LogP contribution in [-0.2, 0) is 9.59 Å². The van der Waals surface area contributed by atoms with E-state index in [-0.39, 0.29) is 11.8 Å². The fourth-order valence-electron chi connectivity index (χ4n) is 1.49. The molecule has 0 heterocycles. The molecule has 0 aromatic rings. The molecule has 2 aliphatic carbocycles. The molecule has 2 saturated carbocycles. The number of rotatable bonds is 8. The van der Waals surface area contributed by atoms with Crippen LogP contribution in [0, 0.1) is 0 Å². The summed E-state index contributed by atoms with van der Waals surface area (Å²) < 4.78 is 0. The van der Waals surface area contributed by atoms with E-state index < -0.39 is 0 Å². The van der Waals surface area contributed by atoms with Crippen LogP contribution in [-0.4, -0.2) is 35.4 Å². The Balaban J connectivity index is 1.39.